The second-order valence-electron chi connectivity index (χ2n) is 5.49. The minimum atomic E-state index is -3.49. The van der Waals surface area contributed by atoms with Crippen molar-refractivity contribution in [2.45, 2.75) is 32.7 Å². The minimum Gasteiger partial charge on any atom is -0.330 e. The van der Waals surface area contributed by atoms with Gasteiger partial charge in [0.1, 0.15) is 0 Å². The van der Waals surface area contributed by atoms with Crippen LogP contribution in [0.2, 0.25) is 0 Å². The minimum absolute atomic E-state index is 0.202. The molecule has 1 aliphatic heterocycles. The molecule has 3 N–H and O–H groups in total. The van der Waals surface area contributed by atoms with Crippen molar-refractivity contribution in [3.8, 4) is 0 Å². The molecule has 2 heterocycles. The highest BCUT2D eigenvalue weighted by atomic mass is 32.2. The average molecular weight is 301 g/mol. The third kappa shape index (κ3) is 3.50. The van der Waals surface area contributed by atoms with Gasteiger partial charge in [0.05, 0.1) is 11.9 Å². The Morgan fingerprint density at radius 1 is 1.45 bits per heavy atom. The number of anilines is 1. The molecule has 1 aromatic heterocycles. The monoisotopic (exact) mass is 301 g/mol. The number of aromatic nitrogens is 2. The van der Waals surface area contributed by atoms with E-state index in [4.69, 9.17) is 5.73 Å². The molecular formula is C12H23N5O2S. The zero-order valence-electron chi connectivity index (χ0n) is 12.0. The molecule has 0 radical (unpaired) electrons. The van der Waals surface area contributed by atoms with Crippen LogP contribution in [0, 0.1) is 5.92 Å². The number of hydrogen-bond acceptors (Lipinski definition) is 4. The van der Waals surface area contributed by atoms with Gasteiger partial charge in [-0.3, -0.25) is 9.40 Å². The van der Waals surface area contributed by atoms with Crippen molar-refractivity contribution in [2.24, 2.45) is 11.7 Å². The lowest BCUT2D eigenvalue weighted by atomic mass is 9.99. The van der Waals surface area contributed by atoms with Crippen molar-refractivity contribution in [2.75, 3.05) is 24.4 Å². The van der Waals surface area contributed by atoms with Crippen molar-refractivity contribution in [3.63, 3.8) is 0 Å². The first kappa shape index (κ1) is 15.3. The SMILES string of the molecule is CC(C)n1cc(NS(=O)(=O)N2CCC(CN)CC2)cn1. The molecule has 0 spiro atoms. The zero-order valence-corrected chi connectivity index (χ0v) is 12.8. The van der Waals surface area contributed by atoms with E-state index in [1.807, 2.05) is 13.8 Å². The van der Waals surface area contributed by atoms with Gasteiger partial charge < -0.3 is 5.73 Å². The van der Waals surface area contributed by atoms with Gasteiger partial charge in [0.15, 0.2) is 0 Å². The van der Waals surface area contributed by atoms with E-state index in [-0.39, 0.29) is 6.04 Å². The molecule has 1 aliphatic rings. The fourth-order valence-electron chi connectivity index (χ4n) is 2.27. The summed E-state index contributed by atoms with van der Waals surface area (Å²) >= 11 is 0. The van der Waals surface area contributed by atoms with Gasteiger partial charge in [-0.1, -0.05) is 0 Å². The highest BCUT2D eigenvalue weighted by molar-refractivity contribution is 7.90. The highest BCUT2D eigenvalue weighted by Gasteiger charge is 2.27. The largest absolute Gasteiger partial charge is 0.330 e. The maximum absolute atomic E-state index is 12.3. The summed E-state index contributed by atoms with van der Waals surface area (Å²) in [7, 11) is -3.49. The number of nitrogens with zero attached hydrogens (tertiary/aromatic N) is 3. The summed E-state index contributed by atoms with van der Waals surface area (Å²) < 4.78 is 30.3. The number of nitrogens with two attached hydrogens (primary N) is 1. The molecule has 0 amide bonds. The summed E-state index contributed by atoms with van der Waals surface area (Å²) in [5.41, 5.74) is 6.12. The molecule has 114 valence electrons. The Labute approximate surface area is 120 Å². The third-order valence-corrected chi connectivity index (χ3v) is 5.16. The van der Waals surface area contributed by atoms with Gasteiger partial charge in [-0.25, -0.2) is 0 Å². The Morgan fingerprint density at radius 2 is 2.10 bits per heavy atom. The average Bonchev–Trinajstić information content (AvgIpc) is 2.87. The predicted molar refractivity (Wildman–Crippen MR) is 78.5 cm³/mol. The van der Waals surface area contributed by atoms with Gasteiger partial charge in [0.25, 0.3) is 0 Å². The Kier molecular flexibility index (Phi) is 4.66. The molecule has 1 fully saturated rings. The quantitative estimate of drug-likeness (QED) is 0.841. The first-order valence-corrected chi connectivity index (χ1v) is 8.38. The van der Waals surface area contributed by atoms with E-state index in [0.29, 0.717) is 31.2 Å². The van der Waals surface area contributed by atoms with Crippen LogP contribution < -0.4 is 10.5 Å². The number of nitrogens with one attached hydrogen (secondary N) is 1. The van der Waals surface area contributed by atoms with Gasteiger partial charge in [-0.2, -0.15) is 17.8 Å². The lowest BCUT2D eigenvalue weighted by Crippen LogP contribution is -2.42. The third-order valence-electron chi connectivity index (χ3n) is 3.62. The molecule has 0 aromatic carbocycles. The molecule has 0 atom stereocenters. The molecule has 0 aliphatic carbocycles. The van der Waals surface area contributed by atoms with Crippen molar-refractivity contribution < 1.29 is 8.42 Å². The molecule has 1 saturated heterocycles. The van der Waals surface area contributed by atoms with Crippen LogP contribution in [-0.2, 0) is 10.2 Å². The summed E-state index contributed by atoms with van der Waals surface area (Å²) in [4.78, 5) is 0. The Bertz CT molecular complexity index is 532. The highest BCUT2D eigenvalue weighted by Crippen LogP contribution is 2.20. The Balaban J connectivity index is 2.00. The van der Waals surface area contributed by atoms with Gasteiger partial charge in [0.2, 0.25) is 0 Å². The van der Waals surface area contributed by atoms with Gasteiger partial charge in [-0.15, -0.1) is 0 Å². The molecule has 0 bridgehead atoms. The van der Waals surface area contributed by atoms with Crippen LogP contribution in [0.15, 0.2) is 12.4 Å². The molecule has 7 nitrogen and oxygen atoms in total. The van der Waals surface area contributed by atoms with E-state index in [1.165, 1.54) is 10.5 Å². The fraction of sp³-hybridized carbons (Fsp3) is 0.750. The van der Waals surface area contributed by atoms with Crippen LogP contribution in [0.4, 0.5) is 5.69 Å². The first-order valence-electron chi connectivity index (χ1n) is 6.94. The normalized spacial score (nSPS) is 18.6. The van der Waals surface area contributed by atoms with Crippen molar-refractivity contribution in [1.29, 1.82) is 0 Å². The van der Waals surface area contributed by atoms with Gasteiger partial charge in [0, 0.05) is 25.3 Å². The van der Waals surface area contributed by atoms with Crippen molar-refractivity contribution >= 4 is 15.9 Å². The smallest absolute Gasteiger partial charge is 0.301 e. The molecule has 0 saturated carbocycles. The van der Waals surface area contributed by atoms with Crippen molar-refractivity contribution in [3.05, 3.63) is 12.4 Å². The van der Waals surface area contributed by atoms with E-state index >= 15 is 0 Å². The molecular weight excluding hydrogens is 278 g/mol. The summed E-state index contributed by atoms with van der Waals surface area (Å²) in [6, 6.07) is 0.202. The fourth-order valence-corrected chi connectivity index (χ4v) is 3.50. The summed E-state index contributed by atoms with van der Waals surface area (Å²) in [5, 5.41) is 4.12. The molecule has 1 aromatic rings. The number of rotatable bonds is 5. The topological polar surface area (TPSA) is 93.2 Å². The summed E-state index contributed by atoms with van der Waals surface area (Å²) in [5.74, 6) is 0.435. The van der Waals surface area contributed by atoms with Gasteiger partial charge in [-0.05, 0) is 39.2 Å². The first-order chi connectivity index (χ1) is 9.42. The van der Waals surface area contributed by atoms with E-state index < -0.39 is 10.2 Å². The molecule has 0 unspecified atom stereocenters. The number of piperidine rings is 1. The second-order valence-corrected chi connectivity index (χ2v) is 7.16. The van der Waals surface area contributed by atoms with Gasteiger partial charge >= 0.3 is 10.2 Å². The van der Waals surface area contributed by atoms with Crippen LogP contribution in [0.3, 0.4) is 0 Å². The van der Waals surface area contributed by atoms with Crippen LogP contribution in [-0.4, -0.2) is 42.1 Å². The van der Waals surface area contributed by atoms with E-state index in [9.17, 15) is 8.42 Å². The zero-order chi connectivity index (χ0) is 14.8. The lowest BCUT2D eigenvalue weighted by molar-refractivity contribution is 0.280. The predicted octanol–water partition coefficient (Wildman–Crippen LogP) is 0.791. The van der Waals surface area contributed by atoms with E-state index in [0.717, 1.165) is 12.8 Å². The van der Waals surface area contributed by atoms with Crippen LogP contribution in [0.25, 0.3) is 0 Å². The van der Waals surface area contributed by atoms with Crippen molar-refractivity contribution in [1.82, 2.24) is 14.1 Å². The van der Waals surface area contributed by atoms with E-state index in [2.05, 4.69) is 9.82 Å². The Hall–Kier alpha value is -1.12. The van der Waals surface area contributed by atoms with Crippen LogP contribution in [0.1, 0.15) is 32.7 Å². The maximum atomic E-state index is 12.3. The number of hydrogen-bond donors (Lipinski definition) is 2. The molecule has 20 heavy (non-hydrogen) atoms. The summed E-state index contributed by atoms with van der Waals surface area (Å²) in [6.45, 7) is 5.65. The molecule has 8 heteroatoms. The standard InChI is InChI=1S/C12H23N5O2S/c1-10(2)17-9-12(8-14-17)15-20(18,19)16-5-3-11(7-13)4-6-16/h8-11,15H,3-7,13H2,1-2H3. The maximum Gasteiger partial charge on any atom is 0.301 e. The summed E-state index contributed by atoms with van der Waals surface area (Å²) in [6.07, 6.45) is 4.88. The van der Waals surface area contributed by atoms with Crippen LogP contribution >= 0.6 is 0 Å². The van der Waals surface area contributed by atoms with E-state index in [1.54, 1.807) is 10.9 Å². The molecule has 2 rings (SSSR count). The lowest BCUT2D eigenvalue weighted by Gasteiger charge is -2.30. The second kappa shape index (κ2) is 6.11. The van der Waals surface area contributed by atoms with Crippen LogP contribution in [0.5, 0.6) is 0 Å². The Morgan fingerprint density at radius 3 is 2.60 bits per heavy atom.